The molecule has 2 fully saturated rings. The molecule has 2 saturated heterocycles. The number of nitrogens with two attached hydrogens (primary N) is 1. The molecule has 0 spiro atoms. The summed E-state index contributed by atoms with van der Waals surface area (Å²) in [6, 6.07) is 14.8. The third-order valence-electron chi connectivity index (χ3n) is 7.57. The van der Waals surface area contributed by atoms with Crippen LogP contribution in [0.4, 0.5) is 5.13 Å². The molecule has 1 aromatic heterocycles. The molecule has 3 heterocycles. The van der Waals surface area contributed by atoms with Gasteiger partial charge in [-0.25, -0.2) is 4.98 Å². The maximum absolute atomic E-state index is 13.0. The quantitative estimate of drug-likeness (QED) is 0.357. The summed E-state index contributed by atoms with van der Waals surface area (Å²) >= 11 is 2.99. The molecular weight excluding hydrogens is 573 g/mol. The Bertz CT molecular complexity index is 1450. The number of rotatable bonds is 9. The van der Waals surface area contributed by atoms with Gasteiger partial charge in [-0.1, -0.05) is 35.6 Å². The number of thiazole rings is 1. The third-order valence-corrected chi connectivity index (χ3v) is 9.74. The van der Waals surface area contributed by atoms with E-state index in [-0.39, 0.29) is 29.7 Å². The van der Waals surface area contributed by atoms with Gasteiger partial charge in [0, 0.05) is 56.5 Å². The molecule has 3 N–H and O–H groups in total. The van der Waals surface area contributed by atoms with E-state index in [2.05, 4.69) is 15.2 Å². The average Bonchev–Trinajstić information content (AvgIpc) is 3.66. The molecule has 220 valence electrons. The standard InChI is InChI=1S/C30H34N6O4S2/c1-20(37)34-12-14-35(15-13-34)29(40)24-5-2-4-22(16-24)19-41-26-17-32-30(42-26)33-28(39)23-9-7-21(8-10-23)18-36-11-3-6-25(36)27(31)38/h2,4-5,7-10,16-17,25H,3,6,11-15,18-19H2,1H3,(H2,31,38)(H,32,33,39)/t25-/m0/s1. The van der Waals surface area contributed by atoms with Crippen molar-refractivity contribution in [3.63, 3.8) is 0 Å². The second-order valence-corrected chi connectivity index (χ2v) is 12.8. The molecule has 4 amide bonds. The van der Waals surface area contributed by atoms with E-state index < -0.39 is 0 Å². The van der Waals surface area contributed by atoms with E-state index in [9.17, 15) is 19.2 Å². The van der Waals surface area contributed by atoms with Crippen LogP contribution in [0.15, 0.2) is 58.9 Å². The number of nitrogens with zero attached hydrogens (tertiary/aromatic N) is 4. The normalized spacial score (nSPS) is 17.3. The number of hydrogen-bond acceptors (Lipinski definition) is 8. The minimum absolute atomic E-state index is 0.0215. The van der Waals surface area contributed by atoms with Crippen molar-refractivity contribution in [1.29, 1.82) is 0 Å². The predicted octanol–water partition coefficient (Wildman–Crippen LogP) is 3.44. The van der Waals surface area contributed by atoms with E-state index >= 15 is 0 Å². The minimum Gasteiger partial charge on any atom is -0.368 e. The summed E-state index contributed by atoms with van der Waals surface area (Å²) in [4.78, 5) is 59.0. The van der Waals surface area contributed by atoms with E-state index in [1.165, 1.54) is 11.3 Å². The van der Waals surface area contributed by atoms with Gasteiger partial charge in [-0.15, -0.1) is 11.8 Å². The zero-order valence-corrected chi connectivity index (χ0v) is 25.1. The molecule has 3 aromatic rings. The summed E-state index contributed by atoms with van der Waals surface area (Å²) in [6.07, 6.45) is 3.48. The van der Waals surface area contributed by atoms with Crippen molar-refractivity contribution in [3.8, 4) is 0 Å². The zero-order chi connectivity index (χ0) is 29.6. The maximum atomic E-state index is 13.0. The summed E-state index contributed by atoms with van der Waals surface area (Å²) < 4.78 is 0.951. The van der Waals surface area contributed by atoms with E-state index in [0.29, 0.717) is 54.7 Å². The fraction of sp³-hybridized carbons (Fsp3) is 0.367. The van der Waals surface area contributed by atoms with Crippen LogP contribution >= 0.6 is 23.1 Å². The van der Waals surface area contributed by atoms with E-state index in [4.69, 9.17) is 5.73 Å². The largest absolute Gasteiger partial charge is 0.368 e. The van der Waals surface area contributed by atoms with Gasteiger partial charge in [0.15, 0.2) is 5.13 Å². The molecule has 5 rings (SSSR count). The van der Waals surface area contributed by atoms with Crippen molar-refractivity contribution < 1.29 is 19.2 Å². The van der Waals surface area contributed by atoms with Crippen molar-refractivity contribution in [2.75, 3.05) is 38.0 Å². The SMILES string of the molecule is CC(=O)N1CCN(C(=O)c2cccc(CSc3cnc(NC(=O)c4ccc(CN5CCC[C@H]5C(N)=O)cc4)s3)c2)CC1. The monoisotopic (exact) mass is 606 g/mol. The minimum atomic E-state index is -0.287. The van der Waals surface area contributed by atoms with Gasteiger partial charge in [-0.05, 0) is 54.8 Å². The predicted molar refractivity (Wildman–Crippen MR) is 163 cm³/mol. The molecule has 2 aliphatic heterocycles. The number of aromatic nitrogens is 1. The van der Waals surface area contributed by atoms with Crippen molar-refractivity contribution in [3.05, 3.63) is 77.0 Å². The van der Waals surface area contributed by atoms with Gasteiger partial charge in [0.25, 0.3) is 11.8 Å². The topological polar surface area (TPSA) is 129 Å². The Hall–Kier alpha value is -3.74. The summed E-state index contributed by atoms with van der Waals surface area (Å²) in [7, 11) is 0. The second kappa shape index (κ2) is 13.5. The van der Waals surface area contributed by atoms with Crippen LogP contribution < -0.4 is 11.1 Å². The van der Waals surface area contributed by atoms with E-state index in [0.717, 1.165) is 34.7 Å². The fourth-order valence-electron chi connectivity index (χ4n) is 5.24. The first-order valence-corrected chi connectivity index (χ1v) is 15.7. The molecule has 42 heavy (non-hydrogen) atoms. The van der Waals surface area contributed by atoms with Gasteiger partial charge in [0.1, 0.15) is 0 Å². The Morgan fingerprint density at radius 2 is 1.71 bits per heavy atom. The van der Waals surface area contributed by atoms with Gasteiger partial charge in [-0.3, -0.25) is 29.4 Å². The number of primary amides is 1. The number of carbonyl (C=O) groups is 4. The smallest absolute Gasteiger partial charge is 0.257 e. The Morgan fingerprint density at radius 3 is 2.43 bits per heavy atom. The summed E-state index contributed by atoms with van der Waals surface area (Å²) in [5, 5.41) is 3.39. The van der Waals surface area contributed by atoms with Gasteiger partial charge < -0.3 is 15.5 Å². The number of anilines is 1. The van der Waals surface area contributed by atoms with Crippen molar-refractivity contribution in [2.45, 2.75) is 42.3 Å². The number of carbonyl (C=O) groups excluding carboxylic acids is 4. The third kappa shape index (κ3) is 7.36. The lowest BCUT2D eigenvalue weighted by atomic mass is 10.1. The summed E-state index contributed by atoms with van der Waals surface area (Å²) in [5.41, 5.74) is 8.73. The lowest BCUT2D eigenvalue weighted by Gasteiger charge is -2.34. The molecule has 12 heteroatoms. The number of thioether (sulfide) groups is 1. The first kappa shape index (κ1) is 29.7. The van der Waals surface area contributed by atoms with Crippen molar-refractivity contribution in [1.82, 2.24) is 19.7 Å². The van der Waals surface area contributed by atoms with Crippen LogP contribution in [-0.2, 0) is 21.9 Å². The molecule has 2 aliphatic rings. The maximum Gasteiger partial charge on any atom is 0.257 e. The lowest BCUT2D eigenvalue weighted by molar-refractivity contribution is -0.130. The lowest BCUT2D eigenvalue weighted by Crippen LogP contribution is -2.50. The van der Waals surface area contributed by atoms with Crippen LogP contribution in [0.1, 0.15) is 51.6 Å². The number of hydrogen-bond donors (Lipinski definition) is 2. The van der Waals surface area contributed by atoms with Crippen LogP contribution in [-0.4, -0.2) is 82.1 Å². The average molecular weight is 607 g/mol. The molecule has 0 bridgehead atoms. The number of benzene rings is 2. The highest BCUT2D eigenvalue weighted by Gasteiger charge is 2.29. The van der Waals surface area contributed by atoms with E-state index in [1.54, 1.807) is 46.8 Å². The summed E-state index contributed by atoms with van der Waals surface area (Å²) in [5.74, 6) is 0.149. The number of amides is 4. The Balaban J connectivity index is 1.11. The molecule has 1 atom stereocenters. The van der Waals surface area contributed by atoms with Crippen LogP contribution in [0.25, 0.3) is 0 Å². The molecule has 0 unspecified atom stereocenters. The van der Waals surface area contributed by atoms with Crippen LogP contribution in [0.5, 0.6) is 0 Å². The first-order chi connectivity index (χ1) is 20.3. The first-order valence-electron chi connectivity index (χ1n) is 13.9. The Labute approximate surface area is 253 Å². The molecule has 0 aliphatic carbocycles. The number of likely N-dealkylation sites (tertiary alicyclic amines) is 1. The Morgan fingerprint density at radius 1 is 0.976 bits per heavy atom. The molecular formula is C30H34N6O4S2. The molecule has 2 aromatic carbocycles. The van der Waals surface area contributed by atoms with Crippen LogP contribution in [0.2, 0.25) is 0 Å². The van der Waals surface area contributed by atoms with Crippen LogP contribution in [0, 0.1) is 0 Å². The highest BCUT2D eigenvalue weighted by Crippen LogP contribution is 2.31. The van der Waals surface area contributed by atoms with Gasteiger partial charge in [0.2, 0.25) is 11.8 Å². The molecule has 0 saturated carbocycles. The summed E-state index contributed by atoms with van der Waals surface area (Å²) in [6.45, 7) is 5.20. The highest BCUT2D eigenvalue weighted by molar-refractivity contribution is 8.00. The van der Waals surface area contributed by atoms with Gasteiger partial charge in [-0.2, -0.15) is 0 Å². The van der Waals surface area contributed by atoms with Gasteiger partial charge in [0.05, 0.1) is 16.4 Å². The van der Waals surface area contributed by atoms with Gasteiger partial charge >= 0.3 is 0 Å². The van der Waals surface area contributed by atoms with E-state index in [1.807, 2.05) is 36.4 Å². The fourth-order valence-corrected chi connectivity index (χ4v) is 7.05. The second-order valence-electron chi connectivity index (χ2n) is 10.5. The van der Waals surface area contributed by atoms with Crippen LogP contribution in [0.3, 0.4) is 0 Å². The van der Waals surface area contributed by atoms with Crippen molar-refractivity contribution >= 4 is 51.9 Å². The Kier molecular flexibility index (Phi) is 9.55. The van der Waals surface area contributed by atoms with Crippen molar-refractivity contribution in [2.24, 2.45) is 5.73 Å². The number of nitrogens with one attached hydrogen (secondary N) is 1. The highest BCUT2D eigenvalue weighted by atomic mass is 32.2. The zero-order valence-electron chi connectivity index (χ0n) is 23.5. The molecule has 0 radical (unpaired) electrons. The number of piperazine rings is 1. The molecule has 10 nitrogen and oxygen atoms in total.